The van der Waals surface area contributed by atoms with Crippen LogP contribution in [0.3, 0.4) is 0 Å². The van der Waals surface area contributed by atoms with Gasteiger partial charge >= 0.3 is 0 Å². The molecule has 23 heavy (non-hydrogen) atoms. The third kappa shape index (κ3) is 3.33. The molecule has 1 aromatic heterocycles. The Morgan fingerprint density at radius 2 is 2.09 bits per heavy atom. The molecule has 1 amide bonds. The summed E-state index contributed by atoms with van der Waals surface area (Å²) in [6, 6.07) is 7.47. The van der Waals surface area contributed by atoms with Crippen molar-refractivity contribution in [1.29, 1.82) is 0 Å². The maximum Gasteiger partial charge on any atom is 0.261 e. The lowest BCUT2D eigenvalue weighted by Crippen LogP contribution is -2.25. The minimum atomic E-state index is -0.226. The topological polar surface area (TPSA) is 77.7 Å². The first-order chi connectivity index (χ1) is 11.0. The number of nitrogens with one attached hydrogen (secondary N) is 1. The Hall–Kier alpha value is -2.83. The molecule has 0 fully saturated rings. The summed E-state index contributed by atoms with van der Waals surface area (Å²) < 4.78 is 12.3. The van der Waals surface area contributed by atoms with Crippen LogP contribution >= 0.6 is 0 Å². The molecule has 0 spiro atoms. The summed E-state index contributed by atoms with van der Waals surface area (Å²) in [4.78, 5) is 12.0. The zero-order valence-electron chi connectivity index (χ0n) is 13.3. The van der Waals surface area contributed by atoms with Crippen LogP contribution in [-0.4, -0.2) is 28.2 Å². The van der Waals surface area contributed by atoms with Crippen LogP contribution in [0.5, 0.6) is 11.5 Å². The summed E-state index contributed by atoms with van der Waals surface area (Å²) >= 11 is 0. The number of nitrogens with zero attached hydrogens (tertiary/aromatic N) is 3. The van der Waals surface area contributed by atoms with Gasteiger partial charge in [-0.25, -0.2) is 5.43 Å². The first-order valence-electron chi connectivity index (χ1n) is 7.27. The number of rotatable bonds is 4. The van der Waals surface area contributed by atoms with Crippen LogP contribution in [0.15, 0.2) is 29.4 Å². The van der Waals surface area contributed by atoms with E-state index in [0.717, 1.165) is 22.7 Å². The summed E-state index contributed by atoms with van der Waals surface area (Å²) in [5, 5.41) is 8.38. The third-order valence-corrected chi connectivity index (χ3v) is 3.54. The van der Waals surface area contributed by atoms with Crippen molar-refractivity contribution in [3.05, 3.63) is 41.2 Å². The number of carbonyl (C=O) groups excluding carboxylic acids is 1. The zero-order chi connectivity index (χ0) is 16.4. The highest BCUT2D eigenvalue weighted by atomic mass is 16.7. The number of hydrogen-bond acceptors (Lipinski definition) is 5. The number of aryl methyl sites for hydroxylation is 2. The van der Waals surface area contributed by atoms with Crippen molar-refractivity contribution >= 4 is 11.6 Å². The number of aromatic nitrogens is 2. The molecule has 120 valence electrons. The second-order valence-electron chi connectivity index (χ2n) is 5.38. The minimum Gasteiger partial charge on any atom is -0.454 e. The van der Waals surface area contributed by atoms with Gasteiger partial charge in [-0.1, -0.05) is 0 Å². The predicted molar refractivity (Wildman–Crippen MR) is 84.6 cm³/mol. The van der Waals surface area contributed by atoms with E-state index in [1.54, 1.807) is 4.68 Å². The van der Waals surface area contributed by atoms with E-state index in [-0.39, 0.29) is 19.2 Å². The van der Waals surface area contributed by atoms with E-state index in [0.29, 0.717) is 11.5 Å². The average molecular weight is 314 g/mol. The number of carbonyl (C=O) groups is 1. The monoisotopic (exact) mass is 314 g/mol. The van der Waals surface area contributed by atoms with E-state index in [9.17, 15) is 4.79 Å². The fourth-order valence-electron chi connectivity index (χ4n) is 2.34. The molecule has 0 saturated carbocycles. The molecule has 3 rings (SSSR count). The number of fused-ring (bicyclic) bond motifs is 1. The molecule has 0 saturated heterocycles. The maximum absolute atomic E-state index is 12.0. The summed E-state index contributed by atoms with van der Waals surface area (Å²) in [5.74, 6) is 1.18. The van der Waals surface area contributed by atoms with Crippen molar-refractivity contribution in [2.75, 3.05) is 6.79 Å². The van der Waals surface area contributed by atoms with E-state index < -0.39 is 0 Å². The highest BCUT2D eigenvalue weighted by Gasteiger charge is 2.14. The largest absolute Gasteiger partial charge is 0.454 e. The summed E-state index contributed by atoms with van der Waals surface area (Å²) in [7, 11) is 0. The summed E-state index contributed by atoms with van der Waals surface area (Å²) in [5.41, 5.74) is 5.92. The second-order valence-corrected chi connectivity index (χ2v) is 5.38. The van der Waals surface area contributed by atoms with Crippen LogP contribution < -0.4 is 14.9 Å². The van der Waals surface area contributed by atoms with Crippen LogP contribution in [0.2, 0.25) is 0 Å². The molecule has 0 aliphatic carbocycles. The first kappa shape index (κ1) is 15.1. The van der Waals surface area contributed by atoms with Crippen molar-refractivity contribution in [3.8, 4) is 11.5 Å². The molecule has 1 N–H and O–H groups in total. The molecule has 0 bridgehead atoms. The summed E-state index contributed by atoms with van der Waals surface area (Å²) in [6.45, 7) is 5.99. The predicted octanol–water partition coefficient (Wildman–Crippen LogP) is 1.77. The van der Waals surface area contributed by atoms with Gasteiger partial charge in [0.2, 0.25) is 6.79 Å². The van der Waals surface area contributed by atoms with Crippen LogP contribution in [0, 0.1) is 13.8 Å². The molecule has 2 heterocycles. The number of amides is 1. The molecular formula is C16H18N4O3. The van der Waals surface area contributed by atoms with Gasteiger partial charge in [0.15, 0.2) is 11.5 Å². The Morgan fingerprint density at radius 1 is 1.30 bits per heavy atom. The lowest BCUT2D eigenvalue weighted by atomic mass is 10.1. The number of benzene rings is 1. The molecule has 1 aromatic carbocycles. The SMILES string of the molecule is C/C(=N\NC(=O)Cn1nc(C)cc1C)c1ccc2c(c1)OCO2. The van der Waals surface area contributed by atoms with Gasteiger partial charge in [0, 0.05) is 11.3 Å². The Kier molecular flexibility index (Phi) is 4.01. The van der Waals surface area contributed by atoms with Gasteiger partial charge in [-0.15, -0.1) is 0 Å². The average Bonchev–Trinajstić information content (AvgIpc) is 3.10. The smallest absolute Gasteiger partial charge is 0.261 e. The van der Waals surface area contributed by atoms with Gasteiger partial charge in [-0.3, -0.25) is 9.48 Å². The molecule has 0 unspecified atom stereocenters. The third-order valence-electron chi connectivity index (χ3n) is 3.54. The quantitative estimate of drug-likeness (QED) is 0.689. The van der Waals surface area contributed by atoms with Gasteiger partial charge in [-0.2, -0.15) is 10.2 Å². The molecular weight excluding hydrogens is 296 g/mol. The number of ether oxygens (including phenoxy) is 2. The van der Waals surface area contributed by atoms with Crippen molar-refractivity contribution < 1.29 is 14.3 Å². The van der Waals surface area contributed by atoms with Gasteiger partial charge in [0.05, 0.1) is 11.4 Å². The van der Waals surface area contributed by atoms with Crippen molar-refractivity contribution in [2.45, 2.75) is 27.3 Å². The van der Waals surface area contributed by atoms with Crippen molar-refractivity contribution in [2.24, 2.45) is 5.10 Å². The Bertz CT molecular complexity index is 780. The zero-order valence-corrected chi connectivity index (χ0v) is 13.3. The van der Waals surface area contributed by atoms with Gasteiger partial charge in [-0.05, 0) is 45.0 Å². The van der Waals surface area contributed by atoms with E-state index in [2.05, 4.69) is 15.6 Å². The van der Waals surface area contributed by atoms with Crippen LogP contribution in [-0.2, 0) is 11.3 Å². The van der Waals surface area contributed by atoms with Gasteiger partial charge in [0.25, 0.3) is 5.91 Å². The number of hydrazone groups is 1. The van der Waals surface area contributed by atoms with E-state index in [1.807, 2.05) is 45.0 Å². The molecule has 0 atom stereocenters. The summed E-state index contributed by atoms with van der Waals surface area (Å²) in [6.07, 6.45) is 0. The molecule has 7 heteroatoms. The minimum absolute atomic E-state index is 0.137. The van der Waals surface area contributed by atoms with Crippen LogP contribution in [0.1, 0.15) is 23.9 Å². The highest BCUT2D eigenvalue weighted by molar-refractivity contribution is 5.99. The Balaban J connectivity index is 1.65. The fraction of sp³-hybridized carbons (Fsp3) is 0.312. The second kappa shape index (κ2) is 6.12. The molecule has 2 aromatic rings. The van der Waals surface area contributed by atoms with Gasteiger partial charge < -0.3 is 9.47 Å². The van der Waals surface area contributed by atoms with Crippen LogP contribution in [0.4, 0.5) is 0 Å². The first-order valence-corrected chi connectivity index (χ1v) is 7.27. The highest BCUT2D eigenvalue weighted by Crippen LogP contribution is 2.32. The van der Waals surface area contributed by atoms with Crippen LogP contribution in [0.25, 0.3) is 0 Å². The van der Waals surface area contributed by atoms with E-state index in [4.69, 9.17) is 9.47 Å². The van der Waals surface area contributed by atoms with E-state index >= 15 is 0 Å². The number of hydrogen-bond donors (Lipinski definition) is 1. The Labute approximate surface area is 133 Å². The maximum atomic E-state index is 12.0. The lowest BCUT2D eigenvalue weighted by molar-refractivity contribution is -0.121. The Morgan fingerprint density at radius 3 is 2.83 bits per heavy atom. The molecule has 1 aliphatic heterocycles. The fourth-order valence-corrected chi connectivity index (χ4v) is 2.34. The molecule has 0 radical (unpaired) electrons. The lowest BCUT2D eigenvalue weighted by Gasteiger charge is -2.05. The van der Waals surface area contributed by atoms with Crippen molar-refractivity contribution in [1.82, 2.24) is 15.2 Å². The standard InChI is InChI=1S/C16H18N4O3/c1-10-6-11(2)20(19-10)8-16(21)18-17-12(3)13-4-5-14-15(7-13)23-9-22-14/h4-7H,8-9H2,1-3H3,(H,18,21)/b17-12+. The van der Waals surface area contributed by atoms with E-state index in [1.165, 1.54) is 0 Å². The molecule has 7 nitrogen and oxygen atoms in total. The normalized spacial score (nSPS) is 13.3. The van der Waals surface area contributed by atoms with Crippen molar-refractivity contribution in [3.63, 3.8) is 0 Å². The molecule has 1 aliphatic rings. The van der Waals surface area contributed by atoms with Gasteiger partial charge in [0.1, 0.15) is 6.54 Å².